The summed E-state index contributed by atoms with van der Waals surface area (Å²) < 4.78 is 56.3. The van der Waals surface area contributed by atoms with Crippen molar-refractivity contribution in [3.63, 3.8) is 0 Å². The number of hydrogen-bond acceptors (Lipinski definition) is 6. The zero-order valence-electron chi connectivity index (χ0n) is 18.2. The van der Waals surface area contributed by atoms with E-state index in [2.05, 4.69) is 26.2 Å². The molecule has 0 saturated carbocycles. The normalized spacial score (nSPS) is 11.1. The van der Waals surface area contributed by atoms with Crippen LogP contribution in [0.3, 0.4) is 0 Å². The van der Waals surface area contributed by atoms with Gasteiger partial charge in [0, 0.05) is 10.0 Å². The average Bonchev–Trinajstić information content (AvgIpc) is 3.39. The smallest absolute Gasteiger partial charge is 0.416 e. The maximum absolute atomic E-state index is 13.2. The molecule has 1 N–H and O–H groups in total. The molecule has 0 radical (unpaired) electrons. The molecule has 4 rings (SSSR count). The Balaban J connectivity index is 1.43. The lowest BCUT2D eigenvalue weighted by Gasteiger charge is -2.15. The van der Waals surface area contributed by atoms with Crippen LogP contribution >= 0.6 is 15.9 Å². The molecule has 1 amide bonds. The molecule has 184 valence electrons. The molecule has 4 aromatic rings. The van der Waals surface area contributed by atoms with Crippen molar-refractivity contribution >= 4 is 33.5 Å². The maximum Gasteiger partial charge on any atom is 0.416 e. The summed E-state index contributed by atoms with van der Waals surface area (Å²) in [5.74, 6) is -0.801. The first-order valence-electron chi connectivity index (χ1n) is 10.3. The van der Waals surface area contributed by atoms with Crippen LogP contribution in [0, 0.1) is 0 Å². The van der Waals surface area contributed by atoms with Gasteiger partial charge in [0.15, 0.2) is 24.5 Å². The van der Waals surface area contributed by atoms with E-state index in [1.807, 2.05) is 0 Å². The predicted molar refractivity (Wildman–Crippen MR) is 127 cm³/mol. The van der Waals surface area contributed by atoms with E-state index >= 15 is 0 Å². The van der Waals surface area contributed by atoms with E-state index in [4.69, 9.17) is 13.9 Å². The first-order valence-corrected chi connectivity index (χ1v) is 11.1. The molecule has 0 fully saturated rings. The fourth-order valence-electron chi connectivity index (χ4n) is 3.05. The van der Waals surface area contributed by atoms with Crippen LogP contribution in [0.5, 0.6) is 11.5 Å². The summed E-state index contributed by atoms with van der Waals surface area (Å²) in [7, 11) is 0. The molecular weight excluding hydrogens is 545 g/mol. The standard InChI is InChI=1S/C25H16BrF3N2O5/c26-18-6-8-19(9-7-18)36-21-10-5-17(25(27,28)29)11-20(21)31-23(32)13-34-24(33)16-3-1-15(2-4-16)22-12-30-14-35-22/h1-12,14H,13H2,(H,31,32). The summed E-state index contributed by atoms with van der Waals surface area (Å²) in [5, 5.41) is 2.32. The highest BCUT2D eigenvalue weighted by atomic mass is 79.9. The molecule has 0 atom stereocenters. The van der Waals surface area contributed by atoms with Crippen molar-refractivity contribution in [3.05, 3.63) is 94.9 Å². The minimum Gasteiger partial charge on any atom is -0.455 e. The molecule has 0 aliphatic carbocycles. The van der Waals surface area contributed by atoms with Crippen molar-refractivity contribution in [1.29, 1.82) is 0 Å². The summed E-state index contributed by atoms with van der Waals surface area (Å²) in [6.07, 6.45) is -1.85. The number of esters is 1. The van der Waals surface area contributed by atoms with Gasteiger partial charge in [0.1, 0.15) is 5.75 Å². The molecule has 0 unspecified atom stereocenters. The number of carbonyl (C=O) groups is 2. The molecule has 0 aliphatic rings. The van der Waals surface area contributed by atoms with E-state index in [1.54, 1.807) is 36.4 Å². The van der Waals surface area contributed by atoms with Gasteiger partial charge in [-0.3, -0.25) is 4.79 Å². The lowest BCUT2D eigenvalue weighted by molar-refractivity contribution is -0.137. The highest BCUT2D eigenvalue weighted by Crippen LogP contribution is 2.37. The summed E-state index contributed by atoms with van der Waals surface area (Å²) in [4.78, 5) is 28.5. The number of alkyl halides is 3. The highest BCUT2D eigenvalue weighted by molar-refractivity contribution is 9.10. The van der Waals surface area contributed by atoms with Gasteiger partial charge < -0.3 is 19.2 Å². The first-order chi connectivity index (χ1) is 17.2. The van der Waals surface area contributed by atoms with Gasteiger partial charge in [-0.2, -0.15) is 13.2 Å². The molecule has 36 heavy (non-hydrogen) atoms. The van der Waals surface area contributed by atoms with Crippen molar-refractivity contribution in [2.24, 2.45) is 0 Å². The Kier molecular flexibility index (Phi) is 7.39. The van der Waals surface area contributed by atoms with Crippen LogP contribution in [0.2, 0.25) is 0 Å². The number of amides is 1. The monoisotopic (exact) mass is 560 g/mol. The number of halogens is 4. The van der Waals surface area contributed by atoms with Gasteiger partial charge in [0.25, 0.3) is 5.91 Å². The van der Waals surface area contributed by atoms with Gasteiger partial charge in [-0.25, -0.2) is 9.78 Å². The van der Waals surface area contributed by atoms with E-state index in [-0.39, 0.29) is 17.0 Å². The third-order valence-corrected chi connectivity index (χ3v) is 5.32. The van der Waals surface area contributed by atoms with Gasteiger partial charge >= 0.3 is 12.1 Å². The number of carbonyl (C=O) groups excluding carboxylic acids is 2. The molecule has 0 spiro atoms. The second kappa shape index (κ2) is 10.6. The summed E-state index contributed by atoms with van der Waals surface area (Å²) in [6.45, 7) is -0.726. The molecule has 1 aromatic heterocycles. The Morgan fingerprint density at radius 1 is 1.00 bits per heavy atom. The lowest BCUT2D eigenvalue weighted by atomic mass is 10.1. The van der Waals surface area contributed by atoms with E-state index < -0.39 is 30.2 Å². The van der Waals surface area contributed by atoms with Crippen LogP contribution in [0.15, 0.2) is 88.2 Å². The van der Waals surface area contributed by atoms with Gasteiger partial charge in [-0.05, 0) is 54.6 Å². The third-order valence-electron chi connectivity index (χ3n) is 4.79. The van der Waals surface area contributed by atoms with Gasteiger partial charge in [0.2, 0.25) is 0 Å². The summed E-state index contributed by atoms with van der Waals surface area (Å²) in [6, 6.07) is 15.5. The largest absolute Gasteiger partial charge is 0.455 e. The predicted octanol–water partition coefficient (Wildman–Crippen LogP) is 6.71. The number of rotatable bonds is 7. The second-order valence-electron chi connectivity index (χ2n) is 7.33. The van der Waals surface area contributed by atoms with Crippen LogP contribution in [0.1, 0.15) is 15.9 Å². The number of ether oxygens (including phenoxy) is 2. The zero-order chi connectivity index (χ0) is 25.7. The minimum absolute atomic E-state index is 0.0204. The topological polar surface area (TPSA) is 90.7 Å². The Hall–Kier alpha value is -4.12. The fraction of sp³-hybridized carbons (Fsp3) is 0.0800. The fourth-order valence-corrected chi connectivity index (χ4v) is 3.32. The van der Waals surface area contributed by atoms with E-state index in [0.717, 1.165) is 22.7 Å². The third kappa shape index (κ3) is 6.30. The highest BCUT2D eigenvalue weighted by Gasteiger charge is 2.31. The van der Waals surface area contributed by atoms with Crippen molar-refractivity contribution in [1.82, 2.24) is 4.98 Å². The summed E-state index contributed by atoms with van der Waals surface area (Å²) >= 11 is 3.28. The number of aromatic nitrogens is 1. The molecule has 11 heteroatoms. The SMILES string of the molecule is O=C(COC(=O)c1ccc(-c2cnco2)cc1)Nc1cc(C(F)(F)F)ccc1Oc1ccc(Br)cc1. The Morgan fingerprint density at radius 3 is 2.36 bits per heavy atom. The quantitative estimate of drug-likeness (QED) is 0.252. The number of anilines is 1. The van der Waals surface area contributed by atoms with Crippen LogP contribution in [0.25, 0.3) is 11.3 Å². The minimum atomic E-state index is -4.64. The van der Waals surface area contributed by atoms with Gasteiger partial charge in [-0.1, -0.05) is 28.1 Å². The molecule has 3 aromatic carbocycles. The van der Waals surface area contributed by atoms with Gasteiger partial charge in [0.05, 0.1) is 23.0 Å². The Bertz CT molecular complexity index is 1360. The molecule has 1 heterocycles. The molecular formula is C25H16BrF3N2O5. The van der Waals surface area contributed by atoms with Gasteiger partial charge in [-0.15, -0.1) is 0 Å². The Morgan fingerprint density at radius 2 is 1.72 bits per heavy atom. The number of hydrogen-bond donors (Lipinski definition) is 1. The van der Waals surface area contributed by atoms with Crippen LogP contribution < -0.4 is 10.1 Å². The zero-order valence-corrected chi connectivity index (χ0v) is 19.8. The average molecular weight is 561 g/mol. The van der Waals surface area contributed by atoms with E-state index in [1.165, 1.54) is 24.7 Å². The number of nitrogens with zero attached hydrogens (tertiary/aromatic N) is 1. The Labute approximate surface area is 211 Å². The van der Waals surface area contributed by atoms with E-state index in [0.29, 0.717) is 17.1 Å². The first kappa shape index (κ1) is 25.0. The lowest BCUT2D eigenvalue weighted by Crippen LogP contribution is -2.21. The molecule has 0 bridgehead atoms. The molecule has 0 aliphatic heterocycles. The number of oxazole rings is 1. The van der Waals surface area contributed by atoms with E-state index in [9.17, 15) is 22.8 Å². The number of benzene rings is 3. The van der Waals surface area contributed by atoms with Crippen molar-refractivity contribution in [2.75, 3.05) is 11.9 Å². The number of nitrogens with one attached hydrogen (secondary N) is 1. The molecule has 0 saturated heterocycles. The van der Waals surface area contributed by atoms with Crippen LogP contribution in [-0.2, 0) is 15.7 Å². The van der Waals surface area contributed by atoms with Crippen LogP contribution in [-0.4, -0.2) is 23.5 Å². The summed E-state index contributed by atoms with van der Waals surface area (Å²) in [5.41, 5.74) is -0.357. The van der Waals surface area contributed by atoms with Crippen molar-refractivity contribution < 1.29 is 36.7 Å². The second-order valence-corrected chi connectivity index (χ2v) is 8.25. The van der Waals surface area contributed by atoms with Crippen LogP contribution in [0.4, 0.5) is 18.9 Å². The van der Waals surface area contributed by atoms with Crippen molar-refractivity contribution in [3.8, 4) is 22.8 Å². The maximum atomic E-state index is 13.2. The van der Waals surface area contributed by atoms with Crippen molar-refractivity contribution in [2.45, 2.75) is 6.18 Å². The molecule has 7 nitrogen and oxygen atoms in total.